The van der Waals surface area contributed by atoms with Crippen molar-refractivity contribution < 1.29 is 14.3 Å². The van der Waals surface area contributed by atoms with E-state index in [1.807, 2.05) is 19.1 Å². The SMILES string of the molecule is Cc1ccc2c(c1)C(=O)C(=O)N2CC1(CBr)CCOCC1. The molecule has 0 spiro atoms. The number of carbonyl (C=O) groups excluding carboxylic acids is 2. The van der Waals surface area contributed by atoms with Gasteiger partial charge in [-0.15, -0.1) is 0 Å². The van der Waals surface area contributed by atoms with Gasteiger partial charge in [0.2, 0.25) is 0 Å². The molecular formula is C16H18BrNO3. The van der Waals surface area contributed by atoms with E-state index in [2.05, 4.69) is 15.9 Å². The minimum Gasteiger partial charge on any atom is -0.381 e. The molecule has 1 fully saturated rings. The van der Waals surface area contributed by atoms with Crippen LogP contribution < -0.4 is 4.90 Å². The molecule has 3 rings (SSSR count). The molecule has 0 aromatic heterocycles. The Morgan fingerprint density at radius 2 is 2.00 bits per heavy atom. The van der Waals surface area contributed by atoms with Crippen LogP contribution in [0.3, 0.4) is 0 Å². The zero-order valence-electron chi connectivity index (χ0n) is 12.0. The van der Waals surface area contributed by atoms with Gasteiger partial charge in [-0.05, 0) is 31.9 Å². The van der Waals surface area contributed by atoms with E-state index in [0.29, 0.717) is 25.3 Å². The molecule has 1 saturated heterocycles. The molecule has 1 aromatic rings. The number of Topliss-reactive ketones (excluding diaryl/α,β-unsaturated/α-hetero) is 1. The number of fused-ring (bicyclic) bond motifs is 1. The van der Waals surface area contributed by atoms with Crippen LogP contribution in [-0.2, 0) is 9.53 Å². The van der Waals surface area contributed by atoms with Crippen LogP contribution in [-0.4, -0.2) is 36.8 Å². The Morgan fingerprint density at radius 1 is 1.29 bits per heavy atom. The van der Waals surface area contributed by atoms with Crippen molar-refractivity contribution in [3.8, 4) is 0 Å². The number of nitrogens with zero attached hydrogens (tertiary/aromatic N) is 1. The molecular weight excluding hydrogens is 334 g/mol. The Bertz CT molecular complexity index is 593. The maximum Gasteiger partial charge on any atom is 0.299 e. The van der Waals surface area contributed by atoms with Crippen LogP contribution in [0, 0.1) is 12.3 Å². The Kier molecular flexibility index (Phi) is 3.88. The van der Waals surface area contributed by atoms with E-state index in [9.17, 15) is 9.59 Å². The number of hydrogen-bond donors (Lipinski definition) is 0. The second-order valence-corrected chi connectivity index (χ2v) is 6.55. The van der Waals surface area contributed by atoms with Crippen LogP contribution in [0.25, 0.3) is 0 Å². The van der Waals surface area contributed by atoms with E-state index in [-0.39, 0.29) is 11.2 Å². The summed E-state index contributed by atoms with van der Waals surface area (Å²) in [6.45, 7) is 3.92. The molecule has 2 aliphatic rings. The van der Waals surface area contributed by atoms with Crippen molar-refractivity contribution in [3.05, 3.63) is 29.3 Å². The summed E-state index contributed by atoms with van der Waals surface area (Å²) in [4.78, 5) is 26.2. The number of carbonyl (C=O) groups is 2. The summed E-state index contributed by atoms with van der Waals surface area (Å²) in [7, 11) is 0. The van der Waals surface area contributed by atoms with Gasteiger partial charge in [0.15, 0.2) is 0 Å². The van der Waals surface area contributed by atoms with Gasteiger partial charge in [0, 0.05) is 30.5 Å². The van der Waals surface area contributed by atoms with Crippen LogP contribution in [0.1, 0.15) is 28.8 Å². The first kappa shape index (κ1) is 14.7. The van der Waals surface area contributed by atoms with E-state index in [4.69, 9.17) is 4.74 Å². The van der Waals surface area contributed by atoms with Crippen molar-refractivity contribution in [2.24, 2.45) is 5.41 Å². The lowest BCUT2D eigenvalue weighted by Gasteiger charge is -2.38. The Balaban J connectivity index is 1.92. The number of benzene rings is 1. The molecule has 2 heterocycles. The quantitative estimate of drug-likeness (QED) is 0.621. The molecule has 0 unspecified atom stereocenters. The number of aryl methyl sites for hydroxylation is 1. The van der Waals surface area contributed by atoms with Gasteiger partial charge in [0.25, 0.3) is 11.7 Å². The van der Waals surface area contributed by atoms with Crippen molar-refractivity contribution in [1.29, 1.82) is 0 Å². The second-order valence-electron chi connectivity index (χ2n) is 5.99. The van der Waals surface area contributed by atoms with E-state index >= 15 is 0 Å². The molecule has 0 bridgehead atoms. The van der Waals surface area contributed by atoms with Crippen molar-refractivity contribution >= 4 is 33.3 Å². The molecule has 2 aliphatic heterocycles. The summed E-state index contributed by atoms with van der Waals surface area (Å²) in [5.74, 6) is -0.784. The zero-order valence-corrected chi connectivity index (χ0v) is 13.6. The predicted octanol–water partition coefficient (Wildman–Crippen LogP) is 2.72. The van der Waals surface area contributed by atoms with Crippen LogP contribution in [0.4, 0.5) is 5.69 Å². The van der Waals surface area contributed by atoms with Crippen LogP contribution >= 0.6 is 15.9 Å². The highest BCUT2D eigenvalue weighted by atomic mass is 79.9. The summed E-state index contributed by atoms with van der Waals surface area (Å²) in [5.41, 5.74) is 2.28. The normalized spacial score (nSPS) is 20.8. The number of alkyl halides is 1. The molecule has 21 heavy (non-hydrogen) atoms. The van der Waals surface area contributed by atoms with Gasteiger partial charge >= 0.3 is 0 Å². The first-order chi connectivity index (χ1) is 10.1. The van der Waals surface area contributed by atoms with Crippen molar-refractivity contribution in [2.45, 2.75) is 19.8 Å². The Labute approximate surface area is 132 Å². The molecule has 0 radical (unpaired) electrons. The molecule has 0 N–H and O–H groups in total. The lowest BCUT2D eigenvalue weighted by atomic mass is 9.82. The zero-order chi connectivity index (χ0) is 15.0. The maximum atomic E-state index is 12.3. The molecule has 4 nitrogen and oxygen atoms in total. The first-order valence-electron chi connectivity index (χ1n) is 7.17. The minimum absolute atomic E-state index is 0.0132. The molecule has 112 valence electrons. The lowest BCUT2D eigenvalue weighted by Crippen LogP contribution is -2.44. The van der Waals surface area contributed by atoms with Gasteiger partial charge in [-0.3, -0.25) is 9.59 Å². The van der Waals surface area contributed by atoms with Gasteiger partial charge < -0.3 is 9.64 Å². The number of halogens is 1. The Morgan fingerprint density at radius 3 is 2.67 bits per heavy atom. The fourth-order valence-corrected chi connectivity index (χ4v) is 3.78. The fraction of sp³-hybridized carbons (Fsp3) is 0.500. The second kappa shape index (κ2) is 5.54. The monoisotopic (exact) mass is 351 g/mol. The average Bonchev–Trinajstić information content (AvgIpc) is 2.73. The maximum absolute atomic E-state index is 12.3. The molecule has 1 aromatic carbocycles. The molecule has 5 heteroatoms. The smallest absolute Gasteiger partial charge is 0.299 e. The third-order valence-electron chi connectivity index (χ3n) is 4.46. The summed E-state index contributed by atoms with van der Waals surface area (Å²) in [5, 5.41) is 0.808. The third-order valence-corrected chi connectivity index (χ3v) is 5.65. The van der Waals surface area contributed by atoms with Crippen molar-refractivity contribution in [1.82, 2.24) is 0 Å². The summed E-state index contributed by atoms with van der Waals surface area (Å²) >= 11 is 3.58. The highest BCUT2D eigenvalue weighted by Gasteiger charge is 2.41. The largest absolute Gasteiger partial charge is 0.381 e. The van der Waals surface area contributed by atoms with E-state index in [0.717, 1.165) is 29.4 Å². The summed E-state index contributed by atoms with van der Waals surface area (Å²) < 4.78 is 5.43. The molecule has 0 atom stereocenters. The number of rotatable bonds is 3. The standard InChI is InChI=1S/C16H18BrNO3/c1-11-2-3-13-12(8-11)14(19)15(20)18(13)10-16(9-17)4-6-21-7-5-16/h2-3,8H,4-7,9-10H2,1H3. The van der Waals surface area contributed by atoms with Crippen LogP contribution in [0.5, 0.6) is 0 Å². The summed E-state index contributed by atoms with van der Waals surface area (Å²) in [6.07, 6.45) is 1.80. The first-order valence-corrected chi connectivity index (χ1v) is 8.29. The lowest BCUT2D eigenvalue weighted by molar-refractivity contribution is -0.114. The number of hydrogen-bond acceptors (Lipinski definition) is 3. The van der Waals surface area contributed by atoms with Crippen LogP contribution in [0.2, 0.25) is 0 Å². The highest BCUT2D eigenvalue weighted by molar-refractivity contribution is 9.09. The number of amides is 1. The molecule has 0 aliphatic carbocycles. The number of anilines is 1. The van der Waals surface area contributed by atoms with Gasteiger partial charge in [0.05, 0.1) is 11.3 Å². The molecule has 1 amide bonds. The van der Waals surface area contributed by atoms with Gasteiger partial charge in [-0.1, -0.05) is 27.6 Å². The van der Waals surface area contributed by atoms with E-state index in [1.165, 1.54) is 0 Å². The average molecular weight is 352 g/mol. The Hall–Kier alpha value is -1.20. The van der Waals surface area contributed by atoms with Crippen LogP contribution in [0.15, 0.2) is 18.2 Å². The highest BCUT2D eigenvalue weighted by Crippen LogP contribution is 2.38. The minimum atomic E-state index is -0.401. The van der Waals surface area contributed by atoms with Gasteiger partial charge in [0.1, 0.15) is 0 Å². The van der Waals surface area contributed by atoms with E-state index < -0.39 is 5.91 Å². The van der Waals surface area contributed by atoms with Crippen molar-refractivity contribution in [2.75, 3.05) is 30.0 Å². The topological polar surface area (TPSA) is 46.6 Å². The van der Waals surface area contributed by atoms with E-state index in [1.54, 1.807) is 11.0 Å². The van der Waals surface area contributed by atoms with Gasteiger partial charge in [-0.2, -0.15) is 0 Å². The number of ketones is 1. The third kappa shape index (κ3) is 2.53. The summed E-state index contributed by atoms with van der Waals surface area (Å²) in [6, 6.07) is 5.64. The number of ether oxygens (including phenoxy) is 1. The predicted molar refractivity (Wildman–Crippen MR) is 84.1 cm³/mol. The fourth-order valence-electron chi connectivity index (χ4n) is 3.05. The molecule has 0 saturated carbocycles. The van der Waals surface area contributed by atoms with Crippen molar-refractivity contribution in [3.63, 3.8) is 0 Å². The van der Waals surface area contributed by atoms with Gasteiger partial charge in [-0.25, -0.2) is 0 Å².